The number of aromatic nitrogens is 1. The Bertz CT molecular complexity index is 889. The summed E-state index contributed by atoms with van der Waals surface area (Å²) in [5, 5.41) is 0. The molecule has 1 heterocycles. The number of oxazole rings is 1. The quantitative estimate of drug-likeness (QED) is 0.784. The fourth-order valence-electron chi connectivity index (χ4n) is 2.07. The molecule has 22 heavy (non-hydrogen) atoms. The molecule has 0 saturated heterocycles. The maximum Gasteiger partial charge on any atom is 0.240 e. The molecule has 0 radical (unpaired) electrons. The lowest BCUT2D eigenvalue weighted by molar-refractivity contribution is 0.579. The largest absolute Gasteiger partial charge is 0.443 e. The standard InChI is InChI=1S/C15H13FN2O3S/c16-12-3-1-11(2-4-12)7-8-18-22(19,20)13-5-6-14-15(9-13)21-10-17-14/h1-6,9-10,18H,7-8H2. The summed E-state index contributed by atoms with van der Waals surface area (Å²) in [6.07, 6.45) is 1.74. The summed E-state index contributed by atoms with van der Waals surface area (Å²) >= 11 is 0. The Labute approximate surface area is 126 Å². The van der Waals surface area contributed by atoms with E-state index in [0.717, 1.165) is 5.56 Å². The van der Waals surface area contributed by atoms with Gasteiger partial charge in [0.05, 0.1) is 4.90 Å². The van der Waals surface area contributed by atoms with Crippen LogP contribution in [0.3, 0.4) is 0 Å². The molecule has 1 aromatic heterocycles. The van der Waals surface area contributed by atoms with Crippen molar-refractivity contribution in [1.29, 1.82) is 0 Å². The minimum Gasteiger partial charge on any atom is -0.443 e. The van der Waals surface area contributed by atoms with E-state index in [1.165, 1.54) is 30.7 Å². The summed E-state index contributed by atoms with van der Waals surface area (Å²) in [7, 11) is -3.62. The number of rotatable bonds is 5. The molecule has 1 N–H and O–H groups in total. The van der Waals surface area contributed by atoms with Crippen molar-refractivity contribution in [3.63, 3.8) is 0 Å². The molecule has 114 valence electrons. The molecule has 0 aliphatic carbocycles. The molecule has 0 amide bonds. The maximum atomic E-state index is 12.8. The summed E-state index contributed by atoms with van der Waals surface area (Å²) in [6.45, 7) is 0.225. The lowest BCUT2D eigenvalue weighted by Gasteiger charge is -2.06. The molecule has 3 aromatic rings. The fourth-order valence-corrected chi connectivity index (χ4v) is 3.11. The van der Waals surface area contributed by atoms with Gasteiger partial charge in [-0.15, -0.1) is 0 Å². The van der Waals surface area contributed by atoms with Crippen LogP contribution in [0.5, 0.6) is 0 Å². The van der Waals surface area contributed by atoms with Crippen molar-refractivity contribution in [2.45, 2.75) is 11.3 Å². The normalized spacial score (nSPS) is 11.9. The Morgan fingerprint density at radius 1 is 1.14 bits per heavy atom. The van der Waals surface area contributed by atoms with Crippen LogP contribution in [-0.2, 0) is 16.4 Å². The van der Waals surface area contributed by atoms with Gasteiger partial charge in [0.25, 0.3) is 0 Å². The topological polar surface area (TPSA) is 72.2 Å². The lowest BCUT2D eigenvalue weighted by Crippen LogP contribution is -2.25. The Hall–Kier alpha value is -2.25. The van der Waals surface area contributed by atoms with Gasteiger partial charge in [0, 0.05) is 12.6 Å². The smallest absolute Gasteiger partial charge is 0.240 e. The number of nitrogens with zero attached hydrogens (tertiary/aromatic N) is 1. The third-order valence-corrected chi connectivity index (χ3v) is 4.69. The number of hydrogen-bond acceptors (Lipinski definition) is 4. The van der Waals surface area contributed by atoms with Crippen LogP contribution in [-0.4, -0.2) is 19.9 Å². The van der Waals surface area contributed by atoms with E-state index < -0.39 is 10.0 Å². The fraction of sp³-hybridized carbons (Fsp3) is 0.133. The van der Waals surface area contributed by atoms with Gasteiger partial charge in [0.1, 0.15) is 11.3 Å². The Morgan fingerprint density at radius 2 is 1.91 bits per heavy atom. The van der Waals surface area contributed by atoms with E-state index in [4.69, 9.17) is 4.42 Å². The van der Waals surface area contributed by atoms with Gasteiger partial charge >= 0.3 is 0 Å². The summed E-state index contributed by atoms with van der Waals surface area (Å²) in [4.78, 5) is 4.06. The highest BCUT2D eigenvalue weighted by Gasteiger charge is 2.15. The van der Waals surface area contributed by atoms with Crippen LogP contribution in [0.2, 0.25) is 0 Å². The van der Waals surface area contributed by atoms with E-state index in [-0.39, 0.29) is 17.3 Å². The van der Waals surface area contributed by atoms with Crippen LogP contribution in [0.4, 0.5) is 4.39 Å². The molecule has 0 saturated carbocycles. The maximum absolute atomic E-state index is 12.8. The van der Waals surface area contributed by atoms with Crippen LogP contribution >= 0.6 is 0 Å². The minimum absolute atomic E-state index is 0.121. The monoisotopic (exact) mass is 320 g/mol. The van der Waals surface area contributed by atoms with Gasteiger partial charge in [-0.25, -0.2) is 22.5 Å². The van der Waals surface area contributed by atoms with Gasteiger partial charge in [0.2, 0.25) is 10.0 Å². The van der Waals surface area contributed by atoms with Crippen molar-refractivity contribution in [3.05, 3.63) is 60.2 Å². The van der Waals surface area contributed by atoms with E-state index in [1.54, 1.807) is 18.2 Å². The molecule has 0 aliphatic heterocycles. The lowest BCUT2D eigenvalue weighted by atomic mass is 10.1. The van der Waals surface area contributed by atoms with E-state index in [0.29, 0.717) is 17.5 Å². The molecule has 2 aromatic carbocycles. The van der Waals surface area contributed by atoms with Gasteiger partial charge in [0.15, 0.2) is 12.0 Å². The third kappa shape index (κ3) is 3.15. The number of nitrogens with one attached hydrogen (secondary N) is 1. The molecule has 0 spiro atoms. The second-order valence-electron chi connectivity index (χ2n) is 4.76. The van der Waals surface area contributed by atoms with Gasteiger partial charge in [-0.05, 0) is 36.2 Å². The summed E-state index contributed by atoms with van der Waals surface area (Å²) < 4.78 is 44.8. The molecule has 0 fully saturated rings. The second kappa shape index (κ2) is 5.86. The number of sulfonamides is 1. The van der Waals surface area contributed by atoms with Crippen LogP contribution in [0.15, 0.2) is 58.2 Å². The first-order chi connectivity index (χ1) is 10.5. The van der Waals surface area contributed by atoms with Crippen molar-refractivity contribution in [3.8, 4) is 0 Å². The summed E-state index contributed by atoms with van der Waals surface area (Å²) in [6, 6.07) is 10.5. The van der Waals surface area contributed by atoms with E-state index in [2.05, 4.69) is 9.71 Å². The molecule has 7 heteroatoms. The number of halogens is 1. The average Bonchev–Trinajstić information content (AvgIpc) is 2.96. The zero-order chi connectivity index (χ0) is 15.6. The van der Waals surface area contributed by atoms with Crippen LogP contribution < -0.4 is 4.72 Å². The Balaban J connectivity index is 1.68. The minimum atomic E-state index is -3.62. The molecule has 5 nitrogen and oxygen atoms in total. The summed E-state index contributed by atoms with van der Waals surface area (Å²) in [5.74, 6) is -0.315. The highest BCUT2D eigenvalue weighted by atomic mass is 32.2. The van der Waals surface area contributed by atoms with Gasteiger partial charge in [-0.3, -0.25) is 0 Å². The first-order valence-corrected chi connectivity index (χ1v) is 8.10. The SMILES string of the molecule is O=S(=O)(NCCc1ccc(F)cc1)c1ccc2ncoc2c1. The van der Waals surface area contributed by atoms with E-state index >= 15 is 0 Å². The number of benzene rings is 2. The van der Waals surface area contributed by atoms with Gasteiger partial charge < -0.3 is 4.42 Å². The van der Waals surface area contributed by atoms with Gasteiger partial charge in [-0.2, -0.15) is 0 Å². The third-order valence-electron chi connectivity index (χ3n) is 3.23. The molecule has 0 atom stereocenters. The first kappa shape index (κ1) is 14.7. The molecular formula is C15H13FN2O3S. The highest BCUT2D eigenvalue weighted by Crippen LogP contribution is 2.17. The molecular weight excluding hydrogens is 307 g/mol. The van der Waals surface area contributed by atoms with Crippen molar-refractivity contribution in [2.24, 2.45) is 0 Å². The van der Waals surface area contributed by atoms with Crippen molar-refractivity contribution < 1.29 is 17.2 Å². The predicted octanol–water partition coefficient (Wildman–Crippen LogP) is 2.49. The molecule has 0 aliphatic rings. The van der Waals surface area contributed by atoms with E-state index in [9.17, 15) is 12.8 Å². The van der Waals surface area contributed by atoms with Crippen molar-refractivity contribution in [1.82, 2.24) is 9.71 Å². The van der Waals surface area contributed by atoms with Gasteiger partial charge in [-0.1, -0.05) is 12.1 Å². The highest BCUT2D eigenvalue weighted by molar-refractivity contribution is 7.89. The predicted molar refractivity (Wildman–Crippen MR) is 79.3 cm³/mol. The van der Waals surface area contributed by atoms with Crippen LogP contribution in [0, 0.1) is 5.82 Å². The zero-order valence-corrected chi connectivity index (χ0v) is 12.3. The number of fused-ring (bicyclic) bond motifs is 1. The second-order valence-corrected chi connectivity index (χ2v) is 6.52. The van der Waals surface area contributed by atoms with Crippen LogP contribution in [0.1, 0.15) is 5.56 Å². The average molecular weight is 320 g/mol. The Kier molecular flexibility index (Phi) is 3.91. The van der Waals surface area contributed by atoms with Crippen molar-refractivity contribution in [2.75, 3.05) is 6.54 Å². The summed E-state index contributed by atoms with van der Waals surface area (Å²) in [5.41, 5.74) is 1.88. The van der Waals surface area contributed by atoms with Crippen molar-refractivity contribution >= 4 is 21.1 Å². The Morgan fingerprint density at radius 3 is 2.68 bits per heavy atom. The number of hydrogen-bond donors (Lipinski definition) is 1. The molecule has 3 rings (SSSR count). The molecule has 0 unspecified atom stereocenters. The first-order valence-electron chi connectivity index (χ1n) is 6.62. The molecule has 0 bridgehead atoms. The van der Waals surface area contributed by atoms with Crippen LogP contribution in [0.25, 0.3) is 11.1 Å². The zero-order valence-electron chi connectivity index (χ0n) is 11.5. The van der Waals surface area contributed by atoms with E-state index in [1.807, 2.05) is 0 Å².